The molecule has 2 aromatic rings. The summed E-state index contributed by atoms with van der Waals surface area (Å²) < 4.78 is 0. The van der Waals surface area contributed by atoms with Crippen LogP contribution in [0.3, 0.4) is 0 Å². The Kier molecular flexibility index (Phi) is 4.15. The molecule has 0 saturated carbocycles. The van der Waals surface area contributed by atoms with Crippen molar-refractivity contribution in [3.63, 3.8) is 0 Å². The molecular formula is C19H19NO3. The molecule has 0 saturated heterocycles. The SMILES string of the molecule is Cc1ccc2c(c1)CCN2C(=O)CCc1ccccc1C(=O)O. The standard InChI is InChI=1S/C19H19NO3/c1-13-6-8-17-15(12-13)10-11-20(17)18(21)9-7-14-4-2-3-5-16(14)19(22)23/h2-6,8,12H,7,9-11H2,1H3,(H,22,23). The zero-order valence-corrected chi connectivity index (χ0v) is 13.1. The molecule has 3 rings (SSSR count). The van der Waals surface area contributed by atoms with E-state index in [0.717, 1.165) is 12.1 Å². The third-order valence-corrected chi connectivity index (χ3v) is 4.29. The van der Waals surface area contributed by atoms with E-state index >= 15 is 0 Å². The van der Waals surface area contributed by atoms with Crippen molar-refractivity contribution in [3.05, 3.63) is 64.7 Å². The predicted molar refractivity (Wildman–Crippen MR) is 89.0 cm³/mol. The fraction of sp³-hybridized carbons (Fsp3) is 0.263. The fourth-order valence-electron chi connectivity index (χ4n) is 3.11. The minimum Gasteiger partial charge on any atom is -0.478 e. The molecule has 1 aliphatic rings. The predicted octanol–water partition coefficient (Wildman–Crippen LogP) is 3.22. The molecule has 0 fully saturated rings. The van der Waals surface area contributed by atoms with Gasteiger partial charge in [0.05, 0.1) is 5.56 Å². The van der Waals surface area contributed by atoms with Gasteiger partial charge in [0.25, 0.3) is 0 Å². The van der Waals surface area contributed by atoms with Gasteiger partial charge in [0.15, 0.2) is 0 Å². The summed E-state index contributed by atoms with van der Waals surface area (Å²) in [6, 6.07) is 13.0. The number of hydrogen-bond donors (Lipinski definition) is 1. The van der Waals surface area contributed by atoms with E-state index in [1.165, 1.54) is 11.1 Å². The summed E-state index contributed by atoms with van der Waals surface area (Å²) in [6.07, 6.45) is 1.64. The first-order valence-electron chi connectivity index (χ1n) is 7.77. The van der Waals surface area contributed by atoms with Gasteiger partial charge in [-0.25, -0.2) is 4.79 Å². The van der Waals surface area contributed by atoms with Crippen LogP contribution in [0.25, 0.3) is 0 Å². The van der Waals surface area contributed by atoms with Gasteiger partial charge in [-0.1, -0.05) is 35.9 Å². The zero-order chi connectivity index (χ0) is 16.4. The lowest BCUT2D eigenvalue weighted by Gasteiger charge is -2.17. The molecule has 0 aromatic heterocycles. The summed E-state index contributed by atoms with van der Waals surface area (Å²) in [5.74, 6) is -0.900. The summed E-state index contributed by atoms with van der Waals surface area (Å²) in [6.45, 7) is 2.76. The normalized spacial score (nSPS) is 13.0. The lowest BCUT2D eigenvalue weighted by molar-refractivity contribution is -0.118. The number of carbonyl (C=O) groups excluding carboxylic acids is 1. The molecule has 1 amide bonds. The summed E-state index contributed by atoms with van der Waals surface area (Å²) in [7, 11) is 0. The van der Waals surface area contributed by atoms with Gasteiger partial charge in [-0.05, 0) is 43.0 Å². The summed E-state index contributed by atoms with van der Waals surface area (Å²) in [5.41, 5.74) is 4.39. The van der Waals surface area contributed by atoms with Crippen LogP contribution in [0.5, 0.6) is 0 Å². The second-order valence-corrected chi connectivity index (χ2v) is 5.89. The van der Waals surface area contributed by atoms with Crippen LogP contribution in [-0.2, 0) is 17.6 Å². The van der Waals surface area contributed by atoms with Gasteiger partial charge in [-0.2, -0.15) is 0 Å². The first-order chi connectivity index (χ1) is 11.1. The highest BCUT2D eigenvalue weighted by Gasteiger charge is 2.24. The van der Waals surface area contributed by atoms with E-state index in [9.17, 15) is 14.7 Å². The number of rotatable bonds is 4. The molecule has 1 N–H and O–H groups in total. The van der Waals surface area contributed by atoms with Crippen LogP contribution in [0.2, 0.25) is 0 Å². The number of carboxylic acid groups (broad SMARTS) is 1. The molecule has 2 aromatic carbocycles. The van der Waals surface area contributed by atoms with Gasteiger partial charge in [-0.15, -0.1) is 0 Å². The third-order valence-electron chi connectivity index (χ3n) is 4.29. The van der Waals surface area contributed by atoms with Crippen LogP contribution < -0.4 is 4.90 Å². The number of hydrogen-bond acceptors (Lipinski definition) is 2. The van der Waals surface area contributed by atoms with E-state index in [-0.39, 0.29) is 11.5 Å². The lowest BCUT2D eigenvalue weighted by Crippen LogP contribution is -2.29. The first kappa shape index (κ1) is 15.3. The average Bonchev–Trinajstić information content (AvgIpc) is 2.95. The van der Waals surface area contributed by atoms with Gasteiger partial charge >= 0.3 is 5.97 Å². The summed E-state index contributed by atoms with van der Waals surface area (Å²) >= 11 is 0. The maximum atomic E-state index is 12.5. The summed E-state index contributed by atoms with van der Waals surface area (Å²) in [5, 5.41) is 9.20. The van der Waals surface area contributed by atoms with Crippen LogP contribution in [0, 0.1) is 6.92 Å². The maximum absolute atomic E-state index is 12.5. The number of anilines is 1. The molecule has 0 aliphatic carbocycles. The highest BCUT2D eigenvalue weighted by molar-refractivity contribution is 5.96. The highest BCUT2D eigenvalue weighted by atomic mass is 16.4. The van der Waals surface area contributed by atoms with Gasteiger partial charge < -0.3 is 10.0 Å². The van der Waals surface area contributed by atoms with Gasteiger partial charge in [0.1, 0.15) is 0 Å². The van der Waals surface area contributed by atoms with Crippen LogP contribution in [0.4, 0.5) is 5.69 Å². The number of nitrogens with zero attached hydrogens (tertiary/aromatic N) is 1. The monoisotopic (exact) mass is 309 g/mol. The van der Waals surface area contributed by atoms with Crippen molar-refractivity contribution in [3.8, 4) is 0 Å². The van der Waals surface area contributed by atoms with Crippen molar-refractivity contribution < 1.29 is 14.7 Å². The Morgan fingerprint density at radius 3 is 2.74 bits per heavy atom. The van der Waals surface area contributed by atoms with Crippen molar-refractivity contribution in [2.45, 2.75) is 26.2 Å². The molecule has 118 valence electrons. The molecule has 4 nitrogen and oxygen atoms in total. The number of fused-ring (bicyclic) bond motifs is 1. The van der Waals surface area contributed by atoms with Gasteiger partial charge in [0.2, 0.25) is 5.91 Å². The van der Waals surface area contributed by atoms with Crippen LogP contribution in [0.15, 0.2) is 42.5 Å². The molecular weight excluding hydrogens is 290 g/mol. The van der Waals surface area contributed by atoms with E-state index in [4.69, 9.17) is 0 Å². The quantitative estimate of drug-likeness (QED) is 0.943. The van der Waals surface area contributed by atoms with Crippen molar-refractivity contribution in [1.29, 1.82) is 0 Å². The highest BCUT2D eigenvalue weighted by Crippen LogP contribution is 2.29. The van der Waals surface area contributed by atoms with Gasteiger partial charge in [-0.3, -0.25) is 4.79 Å². The lowest BCUT2D eigenvalue weighted by atomic mass is 10.0. The van der Waals surface area contributed by atoms with Crippen molar-refractivity contribution in [1.82, 2.24) is 0 Å². The molecule has 4 heteroatoms. The minimum atomic E-state index is -0.949. The molecule has 23 heavy (non-hydrogen) atoms. The molecule has 0 radical (unpaired) electrons. The van der Waals surface area contributed by atoms with E-state index in [2.05, 4.69) is 6.07 Å². The average molecular weight is 309 g/mol. The van der Waals surface area contributed by atoms with Crippen LogP contribution in [-0.4, -0.2) is 23.5 Å². The Morgan fingerprint density at radius 1 is 1.17 bits per heavy atom. The molecule has 0 unspecified atom stereocenters. The van der Waals surface area contributed by atoms with Crippen molar-refractivity contribution >= 4 is 17.6 Å². The molecule has 1 heterocycles. The molecule has 0 bridgehead atoms. The number of aromatic carboxylic acids is 1. The number of benzene rings is 2. The summed E-state index contributed by atoms with van der Waals surface area (Å²) in [4.78, 5) is 25.6. The topological polar surface area (TPSA) is 57.6 Å². The maximum Gasteiger partial charge on any atom is 0.335 e. The Morgan fingerprint density at radius 2 is 1.96 bits per heavy atom. The van der Waals surface area contributed by atoms with Crippen LogP contribution >= 0.6 is 0 Å². The van der Waals surface area contributed by atoms with E-state index in [1.54, 1.807) is 24.3 Å². The fourth-order valence-corrected chi connectivity index (χ4v) is 3.11. The number of aryl methyl sites for hydroxylation is 2. The Labute approximate surface area is 135 Å². The second kappa shape index (κ2) is 6.24. The zero-order valence-electron chi connectivity index (χ0n) is 13.1. The Hall–Kier alpha value is -2.62. The van der Waals surface area contributed by atoms with E-state index < -0.39 is 5.97 Å². The Balaban J connectivity index is 1.71. The number of carbonyl (C=O) groups is 2. The van der Waals surface area contributed by atoms with E-state index in [1.807, 2.05) is 24.0 Å². The smallest absolute Gasteiger partial charge is 0.335 e. The second-order valence-electron chi connectivity index (χ2n) is 5.89. The van der Waals surface area contributed by atoms with Crippen LogP contribution in [0.1, 0.15) is 33.5 Å². The molecule has 1 aliphatic heterocycles. The largest absolute Gasteiger partial charge is 0.478 e. The van der Waals surface area contributed by atoms with Gasteiger partial charge in [0, 0.05) is 18.7 Å². The first-order valence-corrected chi connectivity index (χ1v) is 7.77. The number of carboxylic acids is 1. The third kappa shape index (κ3) is 3.11. The molecule has 0 atom stereocenters. The van der Waals surface area contributed by atoms with Crippen molar-refractivity contribution in [2.24, 2.45) is 0 Å². The Bertz CT molecular complexity index is 767. The van der Waals surface area contributed by atoms with E-state index in [0.29, 0.717) is 24.9 Å². The van der Waals surface area contributed by atoms with Crippen molar-refractivity contribution in [2.75, 3.05) is 11.4 Å². The number of amides is 1. The minimum absolute atomic E-state index is 0.0489. The molecule has 0 spiro atoms.